The summed E-state index contributed by atoms with van der Waals surface area (Å²) in [5.41, 5.74) is 1.39. The van der Waals surface area contributed by atoms with E-state index in [0.717, 1.165) is 18.4 Å². The van der Waals surface area contributed by atoms with Crippen molar-refractivity contribution >= 4 is 29.1 Å². The number of ketones is 4. The Bertz CT molecular complexity index is 1800. The van der Waals surface area contributed by atoms with E-state index in [1.807, 2.05) is 65.0 Å². The third-order valence-corrected chi connectivity index (χ3v) is 15.7. The molecule has 4 rings (SSSR count). The lowest BCUT2D eigenvalue weighted by Crippen LogP contribution is -2.57. The summed E-state index contributed by atoms with van der Waals surface area (Å²) >= 11 is 0. The van der Waals surface area contributed by atoms with Crippen molar-refractivity contribution in [3.63, 3.8) is 0 Å². The second-order valence-corrected chi connectivity index (χ2v) is 20.9. The smallest absolute Gasteiger partial charge is 0.309 e. The Morgan fingerprint density at radius 2 is 1.51 bits per heavy atom. The zero-order valence-electron chi connectivity index (χ0n) is 43.1. The van der Waals surface area contributed by atoms with Crippen LogP contribution in [0.2, 0.25) is 0 Å². The highest BCUT2D eigenvalue weighted by molar-refractivity contribution is 6.41. The van der Waals surface area contributed by atoms with Crippen molar-refractivity contribution in [2.45, 2.75) is 181 Å². The molecule has 13 heteroatoms. The van der Waals surface area contributed by atoms with Crippen molar-refractivity contribution in [3.8, 4) is 0 Å². The highest BCUT2D eigenvalue weighted by atomic mass is 16.6. The number of hydrogen-bond acceptors (Lipinski definition) is 13. The molecule has 3 fully saturated rings. The Kier molecular flexibility index (Phi) is 23.2. The van der Waals surface area contributed by atoms with Gasteiger partial charge in [0.1, 0.15) is 12.2 Å². The summed E-state index contributed by atoms with van der Waals surface area (Å²) in [6, 6.07) is 0. The third kappa shape index (κ3) is 15.4. The summed E-state index contributed by atoms with van der Waals surface area (Å²) in [5, 5.41) is 21.4. The van der Waals surface area contributed by atoms with Gasteiger partial charge in [-0.15, -0.1) is 0 Å². The lowest BCUT2D eigenvalue weighted by atomic mass is 9.73. The predicted octanol–water partition coefficient (Wildman–Crippen LogP) is 8.47. The molecule has 2 aliphatic carbocycles. The molecule has 2 N–H and O–H groups in total. The molecule has 4 aliphatic rings. The fourth-order valence-electron chi connectivity index (χ4n) is 11.1. The van der Waals surface area contributed by atoms with E-state index in [9.17, 15) is 34.2 Å². The number of allylic oxidation sites excluding steroid dienone is 7. The molecular formula is C55H86O13. The number of hydrogen-bond donors (Lipinski definition) is 2. The molecule has 2 bridgehead atoms. The number of esters is 1. The van der Waals surface area contributed by atoms with Crippen LogP contribution in [0.25, 0.3) is 0 Å². The first-order valence-corrected chi connectivity index (χ1v) is 25.6. The van der Waals surface area contributed by atoms with Gasteiger partial charge in [0.25, 0.3) is 5.78 Å². The molecule has 0 aromatic carbocycles. The predicted molar refractivity (Wildman–Crippen MR) is 260 cm³/mol. The van der Waals surface area contributed by atoms with Crippen molar-refractivity contribution in [1.82, 2.24) is 0 Å². The fraction of sp³-hybridized carbons (Fsp3) is 0.764. The first-order chi connectivity index (χ1) is 32.3. The molecule has 1 saturated heterocycles. The van der Waals surface area contributed by atoms with E-state index in [-0.39, 0.29) is 85.3 Å². The van der Waals surface area contributed by atoms with Crippen molar-refractivity contribution < 1.29 is 62.6 Å². The number of methoxy groups -OCH3 is 3. The average Bonchev–Trinajstić information content (AvgIpc) is 3.32. The monoisotopic (exact) mass is 955 g/mol. The van der Waals surface area contributed by atoms with Gasteiger partial charge in [-0.3, -0.25) is 24.0 Å². The van der Waals surface area contributed by atoms with Crippen LogP contribution in [-0.2, 0) is 52.4 Å². The van der Waals surface area contributed by atoms with Gasteiger partial charge in [0, 0.05) is 51.9 Å². The van der Waals surface area contributed by atoms with Crippen molar-refractivity contribution in [3.05, 3.63) is 47.6 Å². The van der Waals surface area contributed by atoms with E-state index in [0.29, 0.717) is 63.4 Å². The molecule has 0 amide bonds. The van der Waals surface area contributed by atoms with E-state index in [2.05, 4.69) is 13.0 Å². The highest BCUT2D eigenvalue weighted by Crippen LogP contribution is 2.40. The van der Waals surface area contributed by atoms with Crippen LogP contribution in [0.1, 0.15) is 139 Å². The molecule has 2 heterocycles. The summed E-state index contributed by atoms with van der Waals surface area (Å²) in [6.07, 6.45) is 15.4. The molecule has 3 unspecified atom stereocenters. The fourth-order valence-corrected chi connectivity index (χ4v) is 11.1. The Balaban J connectivity index is 1.70. The number of cyclic esters (lactones) is 1. The summed E-state index contributed by atoms with van der Waals surface area (Å²) < 4.78 is 36.0. The van der Waals surface area contributed by atoms with Crippen LogP contribution in [0.15, 0.2) is 47.6 Å². The second-order valence-electron chi connectivity index (χ2n) is 20.9. The molecule has 16 atom stereocenters. The van der Waals surface area contributed by atoms with Gasteiger partial charge in [0.05, 0.1) is 43.5 Å². The average molecular weight is 955 g/mol. The summed E-state index contributed by atoms with van der Waals surface area (Å²) in [4.78, 5) is 71.4. The molecular weight excluding hydrogens is 869 g/mol. The van der Waals surface area contributed by atoms with Gasteiger partial charge in [-0.1, -0.05) is 90.8 Å². The van der Waals surface area contributed by atoms with Gasteiger partial charge in [-0.05, 0) is 112 Å². The number of aliphatic hydroxyl groups is 2. The van der Waals surface area contributed by atoms with Crippen LogP contribution in [0, 0.1) is 53.3 Å². The number of carbonyl (C=O) groups excluding carboxylic acids is 5. The number of Topliss-reactive ketones (excluding diaryl/α,β-unsaturated/α-hetero) is 4. The second kappa shape index (κ2) is 27.4. The highest BCUT2D eigenvalue weighted by Gasteiger charge is 2.53. The number of aliphatic hydroxyl groups excluding tert-OH is 1. The van der Waals surface area contributed by atoms with Gasteiger partial charge >= 0.3 is 5.97 Å². The van der Waals surface area contributed by atoms with E-state index < -0.39 is 65.5 Å². The van der Waals surface area contributed by atoms with E-state index in [1.165, 1.54) is 0 Å². The van der Waals surface area contributed by atoms with Gasteiger partial charge in [0.15, 0.2) is 11.6 Å². The quantitative estimate of drug-likeness (QED) is 0.166. The zero-order chi connectivity index (χ0) is 50.3. The molecule has 13 nitrogen and oxygen atoms in total. The standard InChI is InChI=1S/C55H86O13/c1-33-17-13-12-14-18-34(2)47(63-9)31-42-23-21-39(7)55(62,68-42)53(60)51(59)43-19-15-16-20-44(43)54(61)67-48(37(5)29-41-22-24-46(66-26-25-56)49(30-41)64-10)32-45(57)36(4)28-35(3)40(8)52(65-11)50(58)38(6)27-33/h12-14,17-18,28,33,35,37-44,46-49,52,56,62H,15-16,19-27,29-32H2,1-11H3/t33-,35?,37-,38-,39-,40-,41+,42+,43?,44-,46-,47+,48?,49-,52-,55-/m1/s1. The van der Waals surface area contributed by atoms with Gasteiger partial charge in [0.2, 0.25) is 11.6 Å². The zero-order valence-corrected chi connectivity index (χ0v) is 43.1. The normalized spacial score (nSPS) is 37.8. The molecule has 2 aliphatic heterocycles. The van der Waals surface area contributed by atoms with Crippen LogP contribution in [0.4, 0.5) is 0 Å². The molecule has 2 saturated carbocycles. The van der Waals surface area contributed by atoms with Gasteiger partial charge in [-0.25, -0.2) is 0 Å². The van der Waals surface area contributed by atoms with Crippen LogP contribution >= 0.6 is 0 Å². The minimum absolute atomic E-state index is 0.00897. The number of ether oxygens (including phenoxy) is 6. The van der Waals surface area contributed by atoms with Gasteiger partial charge < -0.3 is 38.6 Å². The largest absolute Gasteiger partial charge is 0.461 e. The Hall–Kier alpha value is -3.17. The maximum absolute atomic E-state index is 14.5. The molecule has 0 aromatic heterocycles. The Labute approximate surface area is 407 Å². The van der Waals surface area contributed by atoms with Crippen LogP contribution < -0.4 is 0 Å². The minimum Gasteiger partial charge on any atom is -0.461 e. The van der Waals surface area contributed by atoms with Crippen LogP contribution in [-0.4, -0.2) is 116 Å². The molecule has 0 aromatic rings. The van der Waals surface area contributed by atoms with E-state index in [4.69, 9.17) is 28.4 Å². The molecule has 384 valence electrons. The van der Waals surface area contributed by atoms with E-state index >= 15 is 0 Å². The van der Waals surface area contributed by atoms with E-state index in [1.54, 1.807) is 35.2 Å². The summed E-state index contributed by atoms with van der Waals surface area (Å²) in [6.45, 7) is 15.5. The summed E-state index contributed by atoms with van der Waals surface area (Å²) in [7, 11) is 4.80. The van der Waals surface area contributed by atoms with Crippen LogP contribution in [0.3, 0.4) is 0 Å². The maximum atomic E-state index is 14.5. The molecule has 0 radical (unpaired) electrons. The van der Waals surface area contributed by atoms with Crippen molar-refractivity contribution in [1.29, 1.82) is 0 Å². The lowest BCUT2D eigenvalue weighted by Gasteiger charge is -2.42. The third-order valence-electron chi connectivity index (χ3n) is 15.7. The SMILES string of the molecule is CO[C@H]1C[C@@H]2CC[C@@H](C)[C@@](O)(O2)C(=O)C(=O)C2CCCC[C@H]2C(=O)OC([C@H](C)C[C@@H]2CC[C@@H](OCCO)[C@H](OC)C2)CC(=O)C(C)=CC(C)[C@@H](C)[C@@H](OC)C(=O)[C@H](C)C[C@H](C)C=CC=CC=C1C. The number of rotatable bonds is 9. The maximum Gasteiger partial charge on any atom is 0.309 e. The Morgan fingerprint density at radius 1 is 0.809 bits per heavy atom. The van der Waals surface area contributed by atoms with Gasteiger partial charge in [-0.2, -0.15) is 0 Å². The number of fused-ring (bicyclic) bond motifs is 3. The number of carbonyl (C=O) groups is 5. The lowest BCUT2D eigenvalue weighted by molar-refractivity contribution is -0.265. The minimum atomic E-state index is -2.37. The first kappa shape index (κ1) is 57.4. The first-order valence-electron chi connectivity index (χ1n) is 25.6. The van der Waals surface area contributed by atoms with Crippen molar-refractivity contribution in [2.24, 2.45) is 53.3 Å². The van der Waals surface area contributed by atoms with Crippen molar-refractivity contribution in [2.75, 3.05) is 34.5 Å². The topological polar surface area (TPSA) is 181 Å². The Morgan fingerprint density at radius 3 is 2.18 bits per heavy atom. The molecule has 68 heavy (non-hydrogen) atoms. The molecule has 0 spiro atoms. The summed E-state index contributed by atoms with van der Waals surface area (Å²) in [5.74, 6) is -8.46. The van der Waals surface area contributed by atoms with Crippen LogP contribution in [0.5, 0.6) is 0 Å².